The molecule has 1 aromatic carbocycles. The van der Waals surface area contributed by atoms with Crippen LogP contribution in [0.5, 0.6) is 0 Å². The van der Waals surface area contributed by atoms with Crippen molar-refractivity contribution in [3.8, 4) is 0 Å². The summed E-state index contributed by atoms with van der Waals surface area (Å²) in [4.78, 5) is 39.2. The van der Waals surface area contributed by atoms with E-state index in [1.54, 1.807) is 24.3 Å². The summed E-state index contributed by atoms with van der Waals surface area (Å²) in [7, 11) is 0. The van der Waals surface area contributed by atoms with Crippen molar-refractivity contribution in [2.75, 3.05) is 6.61 Å². The van der Waals surface area contributed by atoms with Gasteiger partial charge in [-0.2, -0.15) is 0 Å². The van der Waals surface area contributed by atoms with E-state index in [-0.39, 0.29) is 24.4 Å². The summed E-state index contributed by atoms with van der Waals surface area (Å²) in [5.74, 6) is -1.54. The molecular weight excluding hydrogens is 344 g/mol. The largest absolute Gasteiger partial charge is 0.463 e. The zero-order chi connectivity index (χ0) is 19.7. The smallest absolute Gasteiger partial charge is 0.350 e. The predicted molar refractivity (Wildman–Crippen MR) is 101 cm³/mol. The van der Waals surface area contributed by atoms with Crippen LogP contribution in [0.3, 0.4) is 0 Å². The topological polar surface area (TPSA) is 73.0 Å². The Hall–Kier alpha value is -2.27. The fourth-order valence-corrected chi connectivity index (χ4v) is 3.68. The molecule has 2 unspecified atom stereocenters. The molecule has 3 rings (SSSR count). The van der Waals surface area contributed by atoms with Gasteiger partial charge in [-0.05, 0) is 20.3 Å². The lowest BCUT2D eigenvalue weighted by molar-refractivity contribution is -0.148. The fourth-order valence-electron chi connectivity index (χ4n) is 3.68. The van der Waals surface area contributed by atoms with E-state index in [0.29, 0.717) is 5.56 Å². The van der Waals surface area contributed by atoms with Crippen LogP contribution < -0.4 is 0 Å². The van der Waals surface area contributed by atoms with E-state index >= 15 is 0 Å². The zero-order valence-corrected chi connectivity index (χ0v) is 16.2. The minimum Gasteiger partial charge on any atom is -0.463 e. The highest BCUT2D eigenvalue weighted by molar-refractivity contribution is 6.32. The molecule has 1 aromatic rings. The molecule has 144 valence electrons. The van der Waals surface area contributed by atoms with Gasteiger partial charge in [0.1, 0.15) is 0 Å². The standard InChI is InChI=1S/C22H26O5/c1-4-5-6-9-14-26-20(25)22-19(24)17-11-8-7-10-16(17)18(23)21(22,27-22)13-12-15(2)3/h7-8,10-12H,4-6,9,13-14H2,1-3H3. The van der Waals surface area contributed by atoms with Gasteiger partial charge in [-0.15, -0.1) is 0 Å². The average molecular weight is 370 g/mol. The minimum atomic E-state index is -1.84. The SMILES string of the molecule is CCCCCCOC(=O)C12OC1(CC=C(C)C)C(=O)c1ccccc1C2=O. The van der Waals surface area contributed by atoms with E-state index in [0.717, 1.165) is 31.3 Å². The number of hydrogen-bond donors (Lipinski definition) is 0. The number of carbonyl (C=O) groups excluding carboxylic acids is 3. The van der Waals surface area contributed by atoms with Crippen molar-refractivity contribution in [3.63, 3.8) is 0 Å². The molecule has 0 spiro atoms. The Bertz CT molecular complexity index is 805. The summed E-state index contributed by atoms with van der Waals surface area (Å²) in [6.07, 6.45) is 5.84. The Morgan fingerprint density at radius 3 is 2.37 bits per heavy atom. The van der Waals surface area contributed by atoms with E-state index in [1.807, 2.05) is 19.9 Å². The number of hydrogen-bond acceptors (Lipinski definition) is 5. The number of ketones is 2. The average Bonchev–Trinajstić information content (AvgIpc) is 3.37. The van der Waals surface area contributed by atoms with Crippen molar-refractivity contribution >= 4 is 17.5 Å². The highest BCUT2D eigenvalue weighted by Crippen LogP contribution is 2.58. The van der Waals surface area contributed by atoms with Crippen LogP contribution in [-0.4, -0.2) is 35.3 Å². The highest BCUT2D eigenvalue weighted by Gasteiger charge is 2.85. The van der Waals surface area contributed by atoms with Crippen molar-refractivity contribution in [1.82, 2.24) is 0 Å². The molecule has 27 heavy (non-hydrogen) atoms. The third-order valence-electron chi connectivity index (χ3n) is 5.27. The first-order chi connectivity index (χ1) is 12.9. The monoisotopic (exact) mass is 370 g/mol. The second kappa shape index (κ2) is 7.39. The number of rotatable bonds is 8. The molecule has 0 saturated carbocycles. The molecule has 0 aromatic heterocycles. The van der Waals surface area contributed by atoms with Gasteiger partial charge in [-0.1, -0.05) is 62.1 Å². The minimum absolute atomic E-state index is 0.180. The maximum absolute atomic E-state index is 13.2. The van der Waals surface area contributed by atoms with Gasteiger partial charge in [-0.25, -0.2) is 4.79 Å². The molecule has 2 aliphatic rings. The van der Waals surface area contributed by atoms with Crippen LogP contribution in [0.15, 0.2) is 35.9 Å². The normalized spacial score (nSPS) is 25.4. The van der Waals surface area contributed by atoms with Crippen molar-refractivity contribution in [3.05, 3.63) is 47.0 Å². The summed E-state index contributed by atoms with van der Waals surface area (Å²) >= 11 is 0. The van der Waals surface area contributed by atoms with E-state index in [9.17, 15) is 14.4 Å². The molecule has 0 radical (unpaired) electrons. The first-order valence-electron chi connectivity index (χ1n) is 9.60. The lowest BCUT2D eigenvalue weighted by Crippen LogP contribution is -2.50. The van der Waals surface area contributed by atoms with Crippen molar-refractivity contribution in [2.45, 2.75) is 64.1 Å². The maximum atomic E-state index is 13.2. The number of Topliss-reactive ketones (excluding diaryl/α,β-unsaturated/α-hetero) is 2. The van der Waals surface area contributed by atoms with Crippen LogP contribution in [0.25, 0.3) is 0 Å². The molecule has 1 aliphatic heterocycles. The number of carbonyl (C=O) groups is 3. The van der Waals surface area contributed by atoms with Crippen LogP contribution in [0.4, 0.5) is 0 Å². The first kappa shape index (κ1) is 19.5. The number of benzene rings is 1. The maximum Gasteiger partial charge on any atom is 0.350 e. The molecule has 2 atom stereocenters. The second-order valence-corrected chi connectivity index (χ2v) is 7.50. The van der Waals surface area contributed by atoms with Gasteiger partial charge in [0.25, 0.3) is 5.60 Å². The third-order valence-corrected chi connectivity index (χ3v) is 5.27. The second-order valence-electron chi connectivity index (χ2n) is 7.50. The van der Waals surface area contributed by atoms with Gasteiger partial charge >= 0.3 is 5.97 Å². The molecular formula is C22H26O5. The van der Waals surface area contributed by atoms with E-state index < -0.39 is 23.0 Å². The van der Waals surface area contributed by atoms with Crippen molar-refractivity contribution < 1.29 is 23.9 Å². The van der Waals surface area contributed by atoms with Crippen molar-refractivity contribution in [1.29, 1.82) is 0 Å². The molecule has 0 N–H and O–H groups in total. The van der Waals surface area contributed by atoms with Gasteiger partial charge in [-0.3, -0.25) is 9.59 Å². The number of fused-ring (bicyclic) bond motifs is 2. The number of unbranched alkanes of at least 4 members (excludes halogenated alkanes) is 3. The van der Waals surface area contributed by atoms with E-state index in [4.69, 9.17) is 9.47 Å². The Morgan fingerprint density at radius 1 is 1.07 bits per heavy atom. The fraction of sp³-hybridized carbons (Fsp3) is 0.500. The number of esters is 1. The summed E-state index contributed by atoms with van der Waals surface area (Å²) in [6, 6.07) is 6.57. The van der Waals surface area contributed by atoms with Gasteiger partial charge in [0.05, 0.1) is 6.61 Å². The molecule has 5 nitrogen and oxygen atoms in total. The molecule has 0 amide bonds. The van der Waals surface area contributed by atoms with Crippen molar-refractivity contribution in [2.24, 2.45) is 0 Å². The summed E-state index contributed by atoms with van der Waals surface area (Å²) in [5.41, 5.74) is -1.78. The van der Waals surface area contributed by atoms with Crippen LogP contribution in [-0.2, 0) is 14.3 Å². The Labute approximate surface area is 159 Å². The lowest BCUT2D eigenvalue weighted by atomic mass is 9.72. The zero-order valence-electron chi connectivity index (χ0n) is 16.2. The molecule has 1 aliphatic carbocycles. The van der Waals surface area contributed by atoms with Gasteiger partial charge in [0.2, 0.25) is 5.78 Å². The Morgan fingerprint density at radius 2 is 1.74 bits per heavy atom. The van der Waals surface area contributed by atoms with Crippen LogP contribution in [0, 0.1) is 0 Å². The van der Waals surface area contributed by atoms with Crippen LogP contribution in [0.1, 0.15) is 73.6 Å². The molecule has 5 heteroatoms. The lowest BCUT2D eigenvalue weighted by Gasteiger charge is -2.23. The predicted octanol–water partition coefficient (Wildman–Crippen LogP) is 4.05. The first-order valence-corrected chi connectivity index (χ1v) is 9.60. The number of allylic oxidation sites excluding steroid dienone is 1. The third kappa shape index (κ3) is 3.04. The van der Waals surface area contributed by atoms with Crippen LogP contribution in [0.2, 0.25) is 0 Å². The summed E-state index contributed by atoms with van der Waals surface area (Å²) < 4.78 is 11.1. The molecule has 1 heterocycles. The highest BCUT2D eigenvalue weighted by atomic mass is 16.7. The quantitative estimate of drug-likeness (QED) is 0.227. The van der Waals surface area contributed by atoms with E-state index in [2.05, 4.69) is 6.92 Å². The molecule has 0 bridgehead atoms. The summed E-state index contributed by atoms with van der Waals surface area (Å²) in [6.45, 7) is 6.13. The Balaban J connectivity index is 1.90. The number of epoxide rings is 1. The van der Waals surface area contributed by atoms with Gasteiger partial charge in [0.15, 0.2) is 11.4 Å². The van der Waals surface area contributed by atoms with Gasteiger partial charge < -0.3 is 9.47 Å². The van der Waals surface area contributed by atoms with Crippen LogP contribution >= 0.6 is 0 Å². The Kier molecular flexibility index (Phi) is 5.33. The molecule has 1 saturated heterocycles. The summed E-state index contributed by atoms with van der Waals surface area (Å²) in [5, 5.41) is 0. The molecule has 1 fully saturated rings. The van der Waals surface area contributed by atoms with Gasteiger partial charge in [0, 0.05) is 17.5 Å². The number of ether oxygens (including phenoxy) is 2. The van der Waals surface area contributed by atoms with E-state index in [1.165, 1.54) is 0 Å².